The molecule has 0 fully saturated rings. The van der Waals surface area contributed by atoms with E-state index in [0.29, 0.717) is 5.06 Å². The second-order valence-electron chi connectivity index (χ2n) is 6.03. The van der Waals surface area contributed by atoms with Crippen molar-refractivity contribution in [2.75, 3.05) is 6.61 Å². The maximum atomic E-state index is 12.1. The van der Waals surface area contributed by atoms with Gasteiger partial charge in [0.25, 0.3) is 11.8 Å². The highest BCUT2D eigenvalue weighted by molar-refractivity contribution is 6.20. The third-order valence-corrected chi connectivity index (χ3v) is 3.24. The fourth-order valence-corrected chi connectivity index (χ4v) is 2.12. The summed E-state index contributed by atoms with van der Waals surface area (Å²) in [4.78, 5) is 51.9. The molecule has 7 nitrogen and oxygen atoms in total. The van der Waals surface area contributed by atoms with Gasteiger partial charge in [0.2, 0.25) is 0 Å². The highest BCUT2D eigenvalue weighted by Gasteiger charge is 2.39. The molecule has 23 heavy (non-hydrogen) atoms. The molecule has 0 saturated heterocycles. The summed E-state index contributed by atoms with van der Waals surface area (Å²) in [6.07, 6.45) is -0.117. The molecule has 0 saturated carbocycles. The minimum atomic E-state index is -0.753. The van der Waals surface area contributed by atoms with Crippen LogP contribution in [-0.2, 0) is 19.2 Å². The molecule has 0 aliphatic carbocycles. The molecule has 0 unspecified atom stereocenters. The minimum Gasteiger partial charge on any atom is -0.465 e. The van der Waals surface area contributed by atoms with Crippen molar-refractivity contribution in [2.45, 2.75) is 27.2 Å². The molecule has 0 atom stereocenters. The number of benzene rings is 1. The lowest BCUT2D eigenvalue weighted by molar-refractivity contribution is -0.172. The molecule has 1 aromatic rings. The van der Waals surface area contributed by atoms with Gasteiger partial charge in [0.05, 0.1) is 24.2 Å². The Morgan fingerprint density at radius 3 is 2.09 bits per heavy atom. The molecule has 1 aliphatic heterocycles. The van der Waals surface area contributed by atoms with E-state index in [2.05, 4.69) is 0 Å². The number of nitrogens with zero attached hydrogens (tertiary/aromatic N) is 1. The molecule has 2 amide bonds. The molecule has 1 aromatic carbocycles. The van der Waals surface area contributed by atoms with E-state index < -0.39 is 29.2 Å². The highest BCUT2D eigenvalue weighted by Crippen LogP contribution is 2.25. The molecule has 0 spiro atoms. The van der Waals surface area contributed by atoms with Crippen molar-refractivity contribution in [3.05, 3.63) is 35.4 Å². The Morgan fingerprint density at radius 1 is 1.09 bits per heavy atom. The summed E-state index contributed by atoms with van der Waals surface area (Å²) in [5.74, 6) is -2.54. The summed E-state index contributed by atoms with van der Waals surface area (Å²) in [5, 5.41) is 0.467. The summed E-state index contributed by atoms with van der Waals surface area (Å²) in [7, 11) is 0. The lowest BCUT2D eigenvalue weighted by Gasteiger charge is -2.23. The number of hydrogen-bond donors (Lipinski definition) is 0. The van der Waals surface area contributed by atoms with Gasteiger partial charge in [-0.2, -0.15) is 0 Å². The Kier molecular flexibility index (Phi) is 4.49. The van der Waals surface area contributed by atoms with Crippen molar-refractivity contribution in [3.8, 4) is 0 Å². The van der Waals surface area contributed by atoms with Gasteiger partial charge in [-0.25, -0.2) is 4.79 Å². The first-order valence-corrected chi connectivity index (χ1v) is 7.03. The van der Waals surface area contributed by atoms with Crippen LogP contribution in [0.4, 0.5) is 0 Å². The van der Waals surface area contributed by atoms with E-state index in [1.165, 1.54) is 19.1 Å². The first-order valence-electron chi connectivity index (χ1n) is 7.03. The second-order valence-corrected chi connectivity index (χ2v) is 6.03. The van der Waals surface area contributed by atoms with Crippen LogP contribution in [-0.4, -0.2) is 35.4 Å². The van der Waals surface area contributed by atoms with E-state index in [-0.39, 0.29) is 24.2 Å². The largest absolute Gasteiger partial charge is 0.465 e. The van der Waals surface area contributed by atoms with Gasteiger partial charge in [-0.1, -0.05) is 31.0 Å². The van der Waals surface area contributed by atoms with Crippen LogP contribution >= 0.6 is 0 Å². The number of esters is 1. The van der Waals surface area contributed by atoms with E-state index in [9.17, 15) is 19.2 Å². The van der Waals surface area contributed by atoms with Crippen LogP contribution in [0.15, 0.2) is 24.3 Å². The number of ether oxygens (including phenoxy) is 1. The van der Waals surface area contributed by atoms with Crippen molar-refractivity contribution >= 4 is 23.8 Å². The van der Waals surface area contributed by atoms with Gasteiger partial charge < -0.3 is 9.57 Å². The Morgan fingerprint density at radius 2 is 1.61 bits per heavy atom. The average Bonchev–Trinajstić information content (AvgIpc) is 2.70. The number of hydrogen-bond acceptors (Lipinski definition) is 6. The van der Waals surface area contributed by atoms with Crippen molar-refractivity contribution in [2.24, 2.45) is 5.41 Å². The predicted molar refractivity (Wildman–Crippen MR) is 78.1 cm³/mol. The zero-order valence-electron chi connectivity index (χ0n) is 13.1. The summed E-state index contributed by atoms with van der Waals surface area (Å²) in [6.45, 7) is 4.71. The molecule has 0 bridgehead atoms. The molecule has 0 aromatic heterocycles. The Balaban J connectivity index is 2.00. The average molecular weight is 319 g/mol. The standard InChI is InChI=1S/C16H17NO6/c1-10(18)22-9-16(2,3)8-13(19)23-17-14(20)11-6-4-5-7-12(11)15(17)21/h4-7H,8-9H2,1-3H3. The van der Waals surface area contributed by atoms with E-state index in [1.807, 2.05) is 0 Å². The van der Waals surface area contributed by atoms with E-state index >= 15 is 0 Å². The summed E-state index contributed by atoms with van der Waals surface area (Å²) in [6, 6.07) is 6.23. The monoisotopic (exact) mass is 319 g/mol. The Hall–Kier alpha value is -2.70. The summed E-state index contributed by atoms with van der Waals surface area (Å²) < 4.78 is 4.88. The molecular formula is C16H17NO6. The predicted octanol–water partition coefficient (Wildman–Crippen LogP) is 1.72. The van der Waals surface area contributed by atoms with Gasteiger partial charge in [-0.05, 0) is 12.1 Å². The zero-order valence-corrected chi connectivity index (χ0v) is 13.1. The maximum absolute atomic E-state index is 12.1. The van der Waals surface area contributed by atoms with Crippen LogP contribution < -0.4 is 0 Å². The first kappa shape index (κ1) is 16.7. The lowest BCUT2D eigenvalue weighted by Crippen LogP contribution is -2.35. The summed E-state index contributed by atoms with van der Waals surface area (Å²) >= 11 is 0. The van der Waals surface area contributed by atoms with Crippen LogP contribution in [0.5, 0.6) is 0 Å². The van der Waals surface area contributed by atoms with Crippen molar-refractivity contribution in [1.82, 2.24) is 5.06 Å². The van der Waals surface area contributed by atoms with Crippen LogP contribution in [0.25, 0.3) is 0 Å². The fourth-order valence-electron chi connectivity index (χ4n) is 2.12. The number of imide groups is 1. The van der Waals surface area contributed by atoms with Gasteiger partial charge in [0, 0.05) is 12.3 Å². The van der Waals surface area contributed by atoms with Gasteiger partial charge in [0.1, 0.15) is 0 Å². The van der Waals surface area contributed by atoms with Gasteiger partial charge in [0.15, 0.2) is 0 Å². The third kappa shape index (κ3) is 3.74. The third-order valence-electron chi connectivity index (χ3n) is 3.24. The zero-order chi connectivity index (χ0) is 17.2. The summed E-state index contributed by atoms with van der Waals surface area (Å²) in [5.41, 5.74) is -0.282. The lowest BCUT2D eigenvalue weighted by atomic mass is 9.91. The highest BCUT2D eigenvalue weighted by atomic mass is 16.7. The fraction of sp³-hybridized carbons (Fsp3) is 0.375. The van der Waals surface area contributed by atoms with Gasteiger partial charge >= 0.3 is 11.9 Å². The van der Waals surface area contributed by atoms with E-state index in [0.717, 1.165) is 0 Å². The molecule has 1 aliphatic rings. The van der Waals surface area contributed by atoms with Crippen LogP contribution in [0.3, 0.4) is 0 Å². The molecule has 122 valence electrons. The van der Waals surface area contributed by atoms with Crippen molar-refractivity contribution in [1.29, 1.82) is 0 Å². The number of amides is 2. The number of fused-ring (bicyclic) bond motifs is 1. The molecule has 1 heterocycles. The van der Waals surface area contributed by atoms with Crippen LogP contribution in [0.1, 0.15) is 47.9 Å². The maximum Gasteiger partial charge on any atom is 0.333 e. The number of carbonyl (C=O) groups is 4. The first-order chi connectivity index (χ1) is 10.7. The quantitative estimate of drug-likeness (QED) is 0.606. The van der Waals surface area contributed by atoms with Crippen LogP contribution in [0, 0.1) is 5.41 Å². The van der Waals surface area contributed by atoms with Crippen molar-refractivity contribution in [3.63, 3.8) is 0 Å². The number of carbonyl (C=O) groups excluding carboxylic acids is 4. The number of hydroxylamine groups is 2. The molecule has 0 N–H and O–H groups in total. The van der Waals surface area contributed by atoms with Crippen LogP contribution in [0.2, 0.25) is 0 Å². The van der Waals surface area contributed by atoms with Gasteiger partial charge in [-0.15, -0.1) is 0 Å². The molecule has 7 heteroatoms. The second kappa shape index (κ2) is 6.20. The molecular weight excluding hydrogens is 302 g/mol. The molecule has 2 rings (SSSR count). The van der Waals surface area contributed by atoms with E-state index in [4.69, 9.17) is 9.57 Å². The number of rotatable bonds is 5. The minimum absolute atomic E-state index is 0.0273. The molecule has 0 radical (unpaired) electrons. The topological polar surface area (TPSA) is 90.0 Å². The van der Waals surface area contributed by atoms with Gasteiger partial charge in [-0.3, -0.25) is 14.4 Å². The Bertz CT molecular complexity index is 644. The smallest absolute Gasteiger partial charge is 0.333 e. The SMILES string of the molecule is CC(=O)OCC(C)(C)CC(=O)ON1C(=O)c2ccccc2C1=O. The normalized spacial score (nSPS) is 13.8. The Labute approximate surface area is 133 Å². The van der Waals surface area contributed by atoms with Crippen molar-refractivity contribution < 1.29 is 28.8 Å². The van der Waals surface area contributed by atoms with E-state index in [1.54, 1.807) is 26.0 Å².